The molecule has 0 spiro atoms. The Morgan fingerprint density at radius 1 is 1.32 bits per heavy atom. The van der Waals surface area contributed by atoms with E-state index in [1.54, 1.807) is 0 Å². The maximum Gasteiger partial charge on any atom is 0.328 e. The van der Waals surface area contributed by atoms with Crippen LogP contribution in [0.25, 0.3) is 0 Å². The predicted octanol–water partition coefficient (Wildman–Crippen LogP) is 3.31. The minimum atomic E-state index is 0.0380. The third kappa shape index (κ3) is 2.83. The molecule has 122 valence electrons. The number of fused-ring (bicyclic) bond motifs is 1. The lowest BCUT2D eigenvalue weighted by Crippen LogP contribution is -2.63. The van der Waals surface area contributed by atoms with Crippen LogP contribution >= 0.6 is 0 Å². The molecule has 1 N–H and O–H groups in total. The molecule has 2 rings (SSSR count). The summed E-state index contributed by atoms with van der Waals surface area (Å²) < 4.78 is 4.96. The first-order chi connectivity index (χ1) is 10.2. The van der Waals surface area contributed by atoms with Crippen molar-refractivity contribution in [1.82, 2.24) is 14.1 Å². The van der Waals surface area contributed by atoms with Gasteiger partial charge in [0.05, 0.1) is 11.4 Å². The van der Waals surface area contributed by atoms with Crippen molar-refractivity contribution in [2.45, 2.75) is 72.3 Å². The van der Waals surface area contributed by atoms with Crippen LogP contribution in [0.2, 0.25) is 13.6 Å². The molecule has 0 saturated carbocycles. The third-order valence-electron chi connectivity index (χ3n) is 5.48. The molecule has 0 saturated heterocycles. The van der Waals surface area contributed by atoms with Crippen LogP contribution in [0.3, 0.4) is 0 Å². The highest BCUT2D eigenvalue weighted by Crippen LogP contribution is 2.32. The highest BCUT2D eigenvalue weighted by Gasteiger charge is 2.42. The zero-order chi connectivity index (χ0) is 16.7. The zero-order valence-electron chi connectivity index (χ0n) is 15.6. The SMILES string of the molecule is CCC1N(C)B(C)N(C(C)C)B(C)Nc2cccn2C1(C)C. The van der Waals surface area contributed by atoms with Crippen LogP contribution in [0, 0.1) is 0 Å². The molecule has 0 bridgehead atoms. The van der Waals surface area contributed by atoms with Gasteiger partial charge in [-0.1, -0.05) is 34.4 Å². The van der Waals surface area contributed by atoms with Gasteiger partial charge in [-0.05, 0) is 45.5 Å². The van der Waals surface area contributed by atoms with E-state index >= 15 is 0 Å². The molecule has 1 aliphatic heterocycles. The van der Waals surface area contributed by atoms with Crippen LogP contribution in [-0.2, 0) is 5.54 Å². The fraction of sp³-hybridized carbons (Fsp3) is 0.750. The molecule has 1 atom stereocenters. The molecule has 1 aliphatic rings. The van der Waals surface area contributed by atoms with Gasteiger partial charge in [0.1, 0.15) is 0 Å². The first kappa shape index (κ1) is 17.5. The second kappa shape index (κ2) is 6.32. The van der Waals surface area contributed by atoms with Crippen molar-refractivity contribution in [3.63, 3.8) is 0 Å². The highest BCUT2D eigenvalue weighted by molar-refractivity contribution is 6.72. The van der Waals surface area contributed by atoms with Crippen LogP contribution in [0.15, 0.2) is 18.3 Å². The first-order valence-corrected chi connectivity index (χ1v) is 8.65. The van der Waals surface area contributed by atoms with Crippen LogP contribution in [0.1, 0.15) is 41.0 Å². The van der Waals surface area contributed by atoms with Gasteiger partial charge in [-0.15, -0.1) is 0 Å². The Bertz CT molecular complexity index is 500. The summed E-state index contributed by atoms with van der Waals surface area (Å²) in [6.45, 7) is 16.8. The van der Waals surface area contributed by atoms with Gasteiger partial charge in [0, 0.05) is 12.2 Å². The van der Waals surface area contributed by atoms with E-state index in [1.165, 1.54) is 5.82 Å². The van der Waals surface area contributed by atoms with Crippen LogP contribution in [0.4, 0.5) is 5.82 Å². The van der Waals surface area contributed by atoms with Gasteiger partial charge in [0.25, 0.3) is 6.98 Å². The van der Waals surface area contributed by atoms with Crippen LogP contribution < -0.4 is 5.23 Å². The summed E-state index contributed by atoms with van der Waals surface area (Å²) in [6, 6.07) is 5.30. The molecule has 22 heavy (non-hydrogen) atoms. The number of hydrogen-bond acceptors (Lipinski definition) is 3. The van der Waals surface area contributed by atoms with E-state index in [9.17, 15) is 0 Å². The predicted molar refractivity (Wildman–Crippen MR) is 99.4 cm³/mol. The normalized spacial score (nSPS) is 23.8. The molecule has 1 aromatic rings. The number of aromatic nitrogens is 1. The molecule has 0 amide bonds. The molecule has 6 heteroatoms. The van der Waals surface area contributed by atoms with Crippen LogP contribution in [0.5, 0.6) is 0 Å². The van der Waals surface area contributed by atoms with Crippen molar-refractivity contribution in [2.75, 3.05) is 12.3 Å². The molecule has 0 aliphatic carbocycles. The summed E-state index contributed by atoms with van der Waals surface area (Å²) >= 11 is 0. The Kier molecular flexibility index (Phi) is 5.03. The zero-order valence-corrected chi connectivity index (χ0v) is 15.6. The number of hydrogen-bond donors (Lipinski definition) is 1. The quantitative estimate of drug-likeness (QED) is 0.848. The molecule has 2 heterocycles. The third-order valence-corrected chi connectivity index (χ3v) is 5.48. The summed E-state index contributed by atoms with van der Waals surface area (Å²) in [5.41, 5.74) is 0.0380. The van der Waals surface area contributed by atoms with Crippen LogP contribution in [-0.4, -0.2) is 47.2 Å². The van der Waals surface area contributed by atoms with Gasteiger partial charge in [0.15, 0.2) is 0 Å². The van der Waals surface area contributed by atoms with E-state index in [2.05, 4.69) is 93.0 Å². The Balaban J connectivity index is 2.55. The van der Waals surface area contributed by atoms with Gasteiger partial charge in [-0.2, -0.15) is 0 Å². The van der Waals surface area contributed by atoms with Crippen molar-refractivity contribution < 1.29 is 0 Å². The van der Waals surface area contributed by atoms with Crippen molar-refractivity contribution in [3.05, 3.63) is 18.3 Å². The fourth-order valence-electron chi connectivity index (χ4n) is 4.41. The van der Waals surface area contributed by atoms with E-state index in [4.69, 9.17) is 0 Å². The summed E-state index contributed by atoms with van der Waals surface area (Å²) in [5, 5.41) is 3.73. The number of rotatable bonds is 2. The molecule has 0 radical (unpaired) electrons. The maximum atomic E-state index is 3.73. The highest BCUT2D eigenvalue weighted by atomic mass is 15.3. The number of nitrogens with zero attached hydrogens (tertiary/aromatic N) is 3. The lowest BCUT2D eigenvalue weighted by molar-refractivity contribution is 0.171. The number of likely N-dealkylation sites (N-methyl/N-ethyl adjacent to an activating group) is 1. The molecule has 4 nitrogen and oxygen atoms in total. The number of nitrogens with one attached hydrogen (secondary N) is 1. The number of anilines is 1. The van der Waals surface area contributed by atoms with Gasteiger partial charge in [-0.3, -0.25) is 0 Å². The van der Waals surface area contributed by atoms with E-state index in [1.807, 2.05) is 0 Å². The largest absolute Gasteiger partial charge is 0.401 e. The van der Waals surface area contributed by atoms with E-state index < -0.39 is 0 Å². The molecular weight excluding hydrogens is 270 g/mol. The van der Waals surface area contributed by atoms with Gasteiger partial charge < -0.3 is 19.3 Å². The minimum absolute atomic E-state index is 0.0380. The average Bonchev–Trinajstić information content (AvgIpc) is 2.86. The maximum absolute atomic E-state index is 3.73. The van der Waals surface area contributed by atoms with Gasteiger partial charge in [-0.25, -0.2) is 0 Å². The van der Waals surface area contributed by atoms with Gasteiger partial charge >= 0.3 is 6.98 Å². The van der Waals surface area contributed by atoms with Gasteiger partial charge in [0.2, 0.25) is 0 Å². The van der Waals surface area contributed by atoms with E-state index in [0.717, 1.165) is 6.42 Å². The van der Waals surface area contributed by atoms with Crippen molar-refractivity contribution in [1.29, 1.82) is 0 Å². The molecule has 1 aromatic heterocycles. The summed E-state index contributed by atoms with van der Waals surface area (Å²) in [5.74, 6) is 1.21. The van der Waals surface area contributed by atoms with Crippen molar-refractivity contribution in [3.8, 4) is 0 Å². The second-order valence-corrected chi connectivity index (χ2v) is 7.50. The Morgan fingerprint density at radius 3 is 2.50 bits per heavy atom. The standard InChI is InChI=1S/C16H32B2N4/c1-9-14-16(4,5)21-12-10-11-15(21)19-17(6)22(13(2)3)18(7)20(14)8/h10-14,19H,9H2,1-8H3. The lowest BCUT2D eigenvalue weighted by Gasteiger charge is -2.45. The summed E-state index contributed by atoms with van der Waals surface area (Å²) in [4.78, 5) is 2.55. The van der Waals surface area contributed by atoms with Crippen molar-refractivity contribution in [2.24, 2.45) is 0 Å². The Labute approximate surface area is 137 Å². The Morgan fingerprint density at radius 2 is 1.95 bits per heavy atom. The molecule has 1 unspecified atom stereocenters. The van der Waals surface area contributed by atoms with Crippen molar-refractivity contribution >= 4 is 19.8 Å². The summed E-state index contributed by atoms with van der Waals surface area (Å²) in [7, 11) is 2.27. The smallest absolute Gasteiger partial charge is 0.328 e. The molecule has 0 aromatic carbocycles. The van der Waals surface area contributed by atoms with E-state index in [-0.39, 0.29) is 12.5 Å². The average molecular weight is 302 g/mol. The molecule has 0 fully saturated rings. The Hall–Kier alpha value is -0.870. The monoisotopic (exact) mass is 302 g/mol. The van der Waals surface area contributed by atoms with E-state index in [0.29, 0.717) is 19.1 Å². The first-order valence-electron chi connectivity index (χ1n) is 8.65. The fourth-order valence-corrected chi connectivity index (χ4v) is 4.41. The lowest BCUT2D eigenvalue weighted by atomic mass is 9.59. The summed E-state index contributed by atoms with van der Waals surface area (Å²) in [6.07, 6.45) is 3.34. The second-order valence-electron chi connectivity index (χ2n) is 7.50. The topological polar surface area (TPSA) is 23.4 Å². The minimum Gasteiger partial charge on any atom is -0.401 e. The molecular formula is C16H32B2N4.